The molecule has 1 aliphatic heterocycles. The molecular formula is C11H23N3O2. The molecule has 1 unspecified atom stereocenters. The zero-order valence-electron chi connectivity index (χ0n) is 10.7. The first-order valence-corrected chi connectivity index (χ1v) is 5.79. The first kappa shape index (κ1) is 13.3. The number of piperazine rings is 1. The quantitative estimate of drug-likeness (QED) is 0.701. The fourth-order valence-electron chi connectivity index (χ4n) is 1.72. The highest BCUT2D eigenvalue weighted by atomic mass is 16.6. The van der Waals surface area contributed by atoms with Crippen molar-refractivity contribution in [3.63, 3.8) is 0 Å². The molecule has 5 nitrogen and oxygen atoms in total. The second-order valence-corrected chi connectivity index (χ2v) is 5.27. The molecule has 0 bridgehead atoms. The molecule has 1 heterocycles. The number of rotatable bonds is 1. The number of carbonyl (C=O) groups is 1. The Morgan fingerprint density at radius 2 is 2.19 bits per heavy atom. The number of amides is 1. The zero-order chi connectivity index (χ0) is 12.4. The summed E-state index contributed by atoms with van der Waals surface area (Å²) in [5.41, 5.74) is 5.08. The van der Waals surface area contributed by atoms with Crippen molar-refractivity contribution in [2.24, 2.45) is 5.73 Å². The lowest BCUT2D eigenvalue weighted by Gasteiger charge is -2.44. The van der Waals surface area contributed by atoms with Gasteiger partial charge >= 0.3 is 6.09 Å². The molecular weight excluding hydrogens is 206 g/mol. The van der Waals surface area contributed by atoms with Gasteiger partial charge in [-0.3, -0.25) is 4.90 Å². The van der Waals surface area contributed by atoms with Crippen LogP contribution in [0.1, 0.15) is 34.1 Å². The molecule has 0 saturated carbocycles. The van der Waals surface area contributed by atoms with Gasteiger partial charge in [-0.15, -0.1) is 0 Å². The van der Waals surface area contributed by atoms with E-state index in [1.54, 1.807) is 4.90 Å². The summed E-state index contributed by atoms with van der Waals surface area (Å²) in [5, 5.41) is 3.20. The predicted molar refractivity (Wildman–Crippen MR) is 63.0 cm³/mol. The van der Waals surface area contributed by atoms with Gasteiger partial charge < -0.3 is 15.8 Å². The Bertz CT molecular complexity index is 262. The molecule has 0 aliphatic carbocycles. The van der Waals surface area contributed by atoms with E-state index in [2.05, 4.69) is 5.32 Å². The Morgan fingerprint density at radius 1 is 1.56 bits per heavy atom. The molecule has 1 aliphatic rings. The van der Waals surface area contributed by atoms with Gasteiger partial charge in [0.25, 0.3) is 0 Å². The standard InChI is InChI=1S/C11H23N3O2/c1-5-11(12)8-13-6-7-14(11)9(15)16-10(2,3)4/h13H,5-8,12H2,1-4H3. The third-order valence-electron chi connectivity index (χ3n) is 2.71. The van der Waals surface area contributed by atoms with Gasteiger partial charge in [0, 0.05) is 19.6 Å². The summed E-state index contributed by atoms with van der Waals surface area (Å²) in [4.78, 5) is 13.6. The smallest absolute Gasteiger partial charge is 0.411 e. The van der Waals surface area contributed by atoms with Gasteiger partial charge in [-0.1, -0.05) is 6.92 Å². The second kappa shape index (κ2) is 4.59. The molecule has 1 saturated heterocycles. The summed E-state index contributed by atoms with van der Waals surface area (Å²) in [6.45, 7) is 9.52. The Hall–Kier alpha value is -0.810. The molecule has 5 heteroatoms. The highest BCUT2D eigenvalue weighted by Crippen LogP contribution is 2.19. The molecule has 0 radical (unpaired) electrons. The second-order valence-electron chi connectivity index (χ2n) is 5.27. The Balaban J connectivity index is 2.72. The van der Waals surface area contributed by atoms with Crippen molar-refractivity contribution in [2.45, 2.75) is 45.4 Å². The van der Waals surface area contributed by atoms with E-state index >= 15 is 0 Å². The number of nitrogens with two attached hydrogens (primary N) is 1. The fraction of sp³-hybridized carbons (Fsp3) is 0.909. The number of hydrogen-bond donors (Lipinski definition) is 2. The van der Waals surface area contributed by atoms with E-state index in [4.69, 9.17) is 10.5 Å². The third kappa shape index (κ3) is 3.09. The van der Waals surface area contributed by atoms with Gasteiger partial charge in [-0.05, 0) is 27.2 Å². The van der Waals surface area contributed by atoms with Crippen LogP contribution in [0.25, 0.3) is 0 Å². The van der Waals surface area contributed by atoms with Crippen molar-refractivity contribution in [2.75, 3.05) is 19.6 Å². The lowest BCUT2D eigenvalue weighted by molar-refractivity contribution is -0.0109. The van der Waals surface area contributed by atoms with Crippen molar-refractivity contribution in [3.05, 3.63) is 0 Å². The Labute approximate surface area is 97.3 Å². The molecule has 94 valence electrons. The molecule has 1 amide bonds. The normalized spacial score (nSPS) is 26.7. The average Bonchev–Trinajstić information content (AvgIpc) is 2.15. The van der Waals surface area contributed by atoms with E-state index in [0.717, 1.165) is 6.54 Å². The van der Waals surface area contributed by atoms with Gasteiger partial charge in [-0.2, -0.15) is 0 Å². The van der Waals surface area contributed by atoms with Crippen LogP contribution in [0.5, 0.6) is 0 Å². The minimum atomic E-state index is -0.624. The van der Waals surface area contributed by atoms with E-state index in [1.807, 2.05) is 27.7 Å². The minimum absolute atomic E-state index is 0.321. The molecule has 0 aromatic heterocycles. The maximum Gasteiger partial charge on any atom is 0.411 e. The maximum atomic E-state index is 12.0. The van der Waals surface area contributed by atoms with Gasteiger partial charge in [-0.25, -0.2) is 4.79 Å². The highest BCUT2D eigenvalue weighted by Gasteiger charge is 2.38. The van der Waals surface area contributed by atoms with Crippen molar-refractivity contribution < 1.29 is 9.53 Å². The fourth-order valence-corrected chi connectivity index (χ4v) is 1.72. The number of nitrogens with one attached hydrogen (secondary N) is 1. The lowest BCUT2D eigenvalue weighted by atomic mass is 10.0. The van der Waals surface area contributed by atoms with Crippen LogP contribution in [0.15, 0.2) is 0 Å². The molecule has 16 heavy (non-hydrogen) atoms. The largest absolute Gasteiger partial charge is 0.444 e. The summed E-state index contributed by atoms with van der Waals surface area (Å²) in [6, 6.07) is 0. The number of hydrogen-bond acceptors (Lipinski definition) is 4. The topological polar surface area (TPSA) is 67.6 Å². The molecule has 0 spiro atoms. The summed E-state index contributed by atoms with van der Waals surface area (Å²) in [6.07, 6.45) is 0.387. The minimum Gasteiger partial charge on any atom is -0.444 e. The number of ether oxygens (including phenoxy) is 1. The summed E-state index contributed by atoms with van der Waals surface area (Å²) in [5.74, 6) is 0. The number of carbonyl (C=O) groups excluding carboxylic acids is 1. The van der Waals surface area contributed by atoms with Crippen LogP contribution in [0.2, 0.25) is 0 Å². The Kier molecular flexibility index (Phi) is 3.80. The molecule has 1 atom stereocenters. The monoisotopic (exact) mass is 229 g/mol. The van der Waals surface area contributed by atoms with Crippen molar-refractivity contribution in [1.29, 1.82) is 0 Å². The SMILES string of the molecule is CCC1(N)CNCCN1C(=O)OC(C)(C)C. The van der Waals surface area contributed by atoms with Gasteiger partial charge in [0.1, 0.15) is 11.3 Å². The average molecular weight is 229 g/mol. The van der Waals surface area contributed by atoms with E-state index in [1.165, 1.54) is 0 Å². The van der Waals surface area contributed by atoms with Gasteiger partial charge in [0.05, 0.1) is 0 Å². The maximum absolute atomic E-state index is 12.0. The van der Waals surface area contributed by atoms with Crippen LogP contribution < -0.4 is 11.1 Å². The van der Waals surface area contributed by atoms with Crippen molar-refractivity contribution in [1.82, 2.24) is 10.2 Å². The van der Waals surface area contributed by atoms with Crippen molar-refractivity contribution >= 4 is 6.09 Å². The van der Waals surface area contributed by atoms with Crippen LogP contribution in [-0.4, -0.2) is 41.9 Å². The Morgan fingerprint density at radius 3 is 2.69 bits per heavy atom. The summed E-state index contributed by atoms with van der Waals surface area (Å²) < 4.78 is 5.35. The molecule has 0 aromatic rings. The lowest BCUT2D eigenvalue weighted by Crippen LogP contribution is -2.68. The number of nitrogens with zero attached hydrogens (tertiary/aromatic N) is 1. The highest BCUT2D eigenvalue weighted by molar-refractivity contribution is 5.69. The van der Waals surface area contributed by atoms with E-state index in [9.17, 15) is 4.79 Å². The first-order chi connectivity index (χ1) is 7.28. The van der Waals surface area contributed by atoms with Crippen molar-refractivity contribution in [3.8, 4) is 0 Å². The van der Waals surface area contributed by atoms with Crippen LogP contribution in [0.4, 0.5) is 4.79 Å². The van der Waals surface area contributed by atoms with E-state index in [0.29, 0.717) is 19.5 Å². The van der Waals surface area contributed by atoms with Crippen LogP contribution >= 0.6 is 0 Å². The van der Waals surface area contributed by atoms with Gasteiger partial charge in [0.2, 0.25) is 0 Å². The van der Waals surface area contributed by atoms with Gasteiger partial charge in [0.15, 0.2) is 0 Å². The van der Waals surface area contributed by atoms with Crippen LogP contribution in [0.3, 0.4) is 0 Å². The zero-order valence-corrected chi connectivity index (χ0v) is 10.7. The van der Waals surface area contributed by atoms with E-state index in [-0.39, 0.29) is 6.09 Å². The molecule has 3 N–H and O–H groups in total. The van der Waals surface area contributed by atoms with Crippen LogP contribution in [0, 0.1) is 0 Å². The molecule has 0 aromatic carbocycles. The van der Waals surface area contributed by atoms with Crippen LogP contribution in [-0.2, 0) is 4.74 Å². The van der Waals surface area contributed by atoms with E-state index < -0.39 is 11.3 Å². The summed E-state index contributed by atoms with van der Waals surface area (Å²) >= 11 is 0. The molecule has 1 fully saturated rings. The summed E-state index contributed by atoms with van der Waals surface area (Å²) in [7, 11) is 0. The third-order valence-corrected chi connectivity index (χ3v) is 2.71. The molecule has 1 rings (SSSR count). The first-order valence-electron chi connectivity index (χ1n) is 5.79. The predicted octanol–water partition coefficient (Wildman–Crippen LogP) is 0.892.